The molecule has 4 rings (SSSR count). The third-order valence-electron chi connectivity index (χ3n) is 5.59. The lowest BCUT2D eigenvalue weighted by atomic mass is 10.0. The van der Waals surface area contributed by atoms with Crippen LogP contribution in [0, 0.1) is 11.3 Å². The second-order valence-corrected chi connectivity index (χ2v) is 8.21. The Labute approximate surface area is 193 Å². The van der Waals surface area contributed by atoms with Gasteiger partial charge in [-0.2, -0.15) is 5.26 Å². The number of nitriles is 1. The number of fused-ring (bicyclic) bond motifs is 1. The minimum Gasteiger partial charge on any atom is -0.497 e. The van der Waals surface area contributed by atoms with Crippen molar-refractivity contribution in [2.24, 2.45) is 0 Å². The Morgan fingerprint density at radius 3 is 2.39 bits per heavy atom. The first-order valence-corrected chi connectivity index (χ1v) is 11.0. The summed E-state index contributed by atoms with van der Waals surface area (Å²) in [5.74, 6) is -0.204. The van der Waals surface area contributed by atoms with E-state index in [4.69, 9.17) is 19.4 Å². The van der Waals surface area contributed by atoms with E-state index in [9.17, 15) is 10.1 Å². The number of rotatable bonds is 6. The number of ether oxygens (including phenoxy) is 2. The van der Waals surface area contributed by atoms with Crippen LogP contribution in [0.3, 0.4) is 0 Å². The van der Waals surface area contributed by atoms with Crippen molar-refractivity contribution in [2.45, 2.75) is 38.5 Å². The summed E-state index contributed by atoms with van der Waals surface area (Å²) >= 11 is 0. The number of para-hydroxylation sites is 2. The Balaban J connectivity index is 1.64. The van der Waals surface area contributed by atoms with E-state index in [2.05, 4.69) is 16.3 Å². The van der Waals surface area contributed by atoms with Crippen LogP contribution < -0.4 is 15.0 Å². The molecule has 1 saturated heterocycles. The number of hydrogen-bond acceptors (Lipinski definition) is 7. The first-order valence-electron chi connectivity index (χ1n) is 11.0. The van der Waals surface area contributed by atoms with Crippen molar-refractivity contribution in [1.82, 2.24) is 15.3 Å². The standard InChI is InChI=1S/C25H27N5O3/c1-16-14-30(15-17(2)33-16)24-23(28-21-6-4-5-7-22(21)29-24)20(12-26)25(31)27-13-18-8-10-19(32-3)11-9-18/h4-11,16-17,20H,13-15H2,1-3H3,(H,27,31)/t16-,17+,20-/m1/s1. The molecular formula is C25H27N5O3. The van der Waals surface area contributed by atoms with E-state index in [1.165, 1.54) is 0 Å². The van der Waals surface area contributed by atoms with E-state index in [0.29, 0.717) is 36.7 Å². The molecule has 3 aromatic rings. The number of amides is 1. The van der Waals surface area contributed by atoms with Gasteiger partial charge in [-0.3, -0.25) is 4.79 Å². The van der Waals surface area contributed by atoms with Crippen molar-refractivity contribution in [3.63, 3.8) is 0 Å². The monoisotopic (exact) mass is 445 g/mol. The lowest BCUT2D eigenvalue weighted by Gasteiger charge is -2.37. The maximum atomic E-state index is 13.1. The largest absolute Gasteiger partial charge is 0.497 e. The van der Waals surface area contributed by atoms with Crippen LogP contribution in [0.1, 0.15) is 31.0 Å². The van der Waals surface area contributed by atoms with Crippen LogP contribution in [0.15, 0.2) is 48.5 Å². The lowest BCUT2D eigenvalue weighted by molar-refractivity contribution is -0.121. The van der Waals surface area contributed by atoms with Gasteiger partial charge in [-0.05, 0) is 43.7 Å². The predicted molar refractivity (Wildman–Crippen MR) is 125 cm³/mol. The van der Waals surface area contributed by atoms with Crippen molar-refractivity contribution in [1.29, 1.82) is 5.26 Å². The molecule has 0 unspecified atom stereocenters. The summed E-state index contributed by atoms with van der Waals surface area (Å²) in [7, 11) is 1.60. The highest BCUT2D eigenvalue weighted by Crippen LogP contribution is 2.29. The second kappa shape index (κ2) is 9.84. The molecule has 0 bridgehead atoms. The van der Waals surface area contributed by atoms with Gasteiger partial charge in [0, 0.05) is 19.6 Å². The highest BCUT2D eigenvalue weighted by Gasteiger charge is 2.31. The van der Waals surface area contributed by atoms with Crippen LogP contribution in [-0.4, -0.2) is 48.3 Å². The van der Waals surface area contributed by atoms with Crippen LogP contribution >= 0.6 is 0 Å². The summed E-state index contributed by atoms with van der Waals surface area (Å²) in [5, 5.41) is 12.8. The Hall–Kier alpha value is -3.70. The number of anilines is 1. The molecule has 1 aliphatic rings. The lowest BCUT2D eigenvalue weighted by Crippen LogP contribution is -2.46. The number of carbonyl (C=O) groups is 1. The minimum absolute atomic E-state index is 0.000644. The number of methoxy groups -OCH3 is 1. The smallest absolute Gasteiger partial charge is 0.243 e. The zero-order valence-corrected chi connectivity index (χ0v) is 19.0. The number of benzene rings is 2. The van der Waals surface area contributed by atoms with E-state index < -0.39 is 11.8 Å². The van der Waals surface area contributed by atoms with Gasteiger partial charge in [-0.25, -0.2) is 9.97 Å². The third-order valence-corrected chi connectivity index (χ3v) is 5.59. The summed E-state index contributed by atoms with van der Waals surface area (Å²) < 4.78 is 11.0. The highest BCUT2D eigenvalue weighted by atomic mass is 16.5. The van der Waals surface area contributed by atoms with Crippen molar-refractivity contribution < 1.29 is 14.3 Å². The SMILES string of the molecule is COc1ccc(CNC(=O)[C@H](C#N)c2nc3ccccc3nc2N2C[C@@H](C)O[C@@H](C)C2)cc1. The van der Waals surface area contributed by atoms with Gasteiger partial charge in [0.25, 0.3) is 0 Å². The van der Waals surface area contributed by atoms with Gasteiger partial charge in [0.15, 0.2) is 11.7 Å². The molecule has 1 fully saturated rings. The maximum absolute atomic E-state index is 13.1. The Kier molecular flexibility index (Phi) is 6.71. The summed E-state index contributed by atoms with van der Waals surface area (Å²) in [6.45, 7) is 5.51. The number of carbonyl (C=O) groups excluding carboxylic acids is 1. The Morgan fingerprint density at radius 2 is 1.79 bits per heavy atom. The molecular weight excluding hydrogens is 418 g/mol. The molecule has 1 amide bonds. The summed E-state index contributed by atoms with van der Waals surface area (Å²) in [5.41, 5.74) is 2.64. The molecule has 2 heterocycles. The topological polar surface area (TPSA) is 100 Å². The van der Waals surface area contributed by atoms with Crippen molar-refractivity contribution in [2.75, 3.05) is 25.1 Å². The van der Waals surface area contributed by atoms with Gasteiger partial charge in [-0.1, -0.05) is 24.3 Å². The molecule has 1 aliphatic heterocycles. The molecule has 1 aromatic heterocycles. The summed E-state index contributed by atoms with van der Waals surface area (Å²) in [6, 6.07) is 17.0. The average Bonchev–Trinajstić information content (AvgIpc) is 2.82. The van der Waals surface area contributed by atoms with Gasteiger partial charge < -0.3 is 19.7 Å². The minimum atomic E-state index is -1.09. The first kappa shape index (κ1) is 22.5. The van der Waals surface area contributed by atoms with Crippen molar-refractivity contribution in [3.05, 3.63) is 59.8 Å². The van der Waals surface area contributed by atoms with Gasteiger partial charge in [0.05, 0.1) is 36.4 Å². The number of morpholine rings is 1. The van der Waals surface area contributed by atoms with Crippen LogP contribution in [0.2, 0.25) is 0 Å². The molecule has 0 radical (unpaired) electrons. The van der Waals surface area contributed by atoms with Gasteiger partial charge in [0.2, 0.25) is 5.91 Å². The van der Waals surface area contributed by atoms with Gasteiger partial charge in [-0.15, -0.1) is 0 Å². The van der Waals surface area contributed by atoms with E-state index >= 15 is 0 Å². The van der Waals surface area contributed by atoms with Crippen LogP contribution in [0.5, 0.6) is 5.75 Å². The molecule has 0 aliphatic carbocycles. The average molecular weight is 446 g/mol. The van der Waals surface area contributed by atoms with Crippen LogP contribution in [0.4, 0.5) is 5.82 Å². The number of nitrogens with one attached hydrogen (secondary N) is 1. The fraction of sp³-hybridized carbons (Fsp3) is 0.360. The molecule has 0 spiro atoms. The quantitative estimate of drug-likeness (QED) is 0.622. The zero-order valence-electron chi connectivity index (χ0n) is 19.0. The summed E-state index contributed by atoms with van der Waals surface area (Å²) in [4.78, 5) is 24.7. The van der Waals surface area contributed by atoms with Crippen molar-refractivity contribution >= 4 is 22.8 Å². The van der Waals surface area contributed by atoms with Gasteiger partial charge in [0.1, 0.15) is 11.4 Å². The van der Waals surface area contributed by atoms with Gasteiger partial charge >= 0.3 is 0 Å². The molecule has 1 N–H and O–H groups in total. The van der Waals surface area contributed by atoms with E-state index in [0.717, 1.165) is 16.8 Å². The van der Waals surface area contributed by atoms with Crippen LogP contribution in [0.25, 0.3) is 11.0 Å². The molecule has 33 heavy (non-hydrogen) atoms. The zero-order chi connectivity index (χ0) is 23.4. The van der Waals surface area contributed by atoms with Crippen molar-refractivity contribution in [3.8, 4) is 11.8 Å². The maximum Gasteiger partial charge on any atom is 0.243 e. The fourth-order valence-corrected chi connectivity index (χ4v) is 4.06. The number of hydrogen-bond donors (Lipinski definition) is 1. The van der Waals surface area contributed by atoms with E-state index in [-0.39, 0.29) is 12.2 Å². The molecule has 2 aromatic carbocycles. The summed E-state index contributed by atoms with van der Waals surface area (Å²) in [6.07, 6.45) is -0.00129. The number of aromatic nitrogens is 2. The molecule has 8 nitrogen and oxygen atoms in total. The molecule has 0 saturated carbocycles. The van der Waals surface area contributed by atoms with E-state index in [1.54, 1.807) is 7.11 Å². The Bertz CT molecular complexity index is 1160. The first-order chi connectivity index (χ1) is 16.0. The van der Waals surface area contributed by atoms with E-state index in [1.807, 2.05) is 62.4 Å². The molecule has 3 atom stereocenters. The normalized spacial score (nSPS) is 19.0. The predicted octanol–water partition coefficient (Wildman–Crippen LogP) is 3.18. The third kappa shape index (κ3) is 5.04. The van der Waals surface area contributed by atoms with Crippen LogP contribution in [-0.2, 0) is 16.1 Å². The molecule has 170 valence electrons. The molecule has 8 heteroatoms. The Morgan fingerprint density at radius 1 is 1.15 bits per heavy atom. The fourth-order valence-electron chi connectivity index (χ4n) is 4.06. The second-order valence-electron chi connectivity index (χ2n) is 8.21. The number of nitrogens with zero attached hydrogens (tertiary/aromatic N) is 4. The highest BCUT2D eigenvalue weighted by molar-refractivity contribution is 5.88.